The van der Waals surface area contributed by atoms with E-state index in [0.29, 0.717) is 0 Å². The van der Waals surface area contributed by atoms with Gasteiger partial charge in [0.2, 0.25) is 0 Å². The van der Waals surface area contributed by atoms with E-state index >= 15 is 0 Å². The number of hydrogen-bond acceptors (Lipinski definition) is 7. The zero-order valence-electron chi connectivity index (χ0n) is 19.2. The van der Waals surface area contributed by atoms with Gasteiger partial charge in [0.25, 0.3) is 0 Å². The van der Waals surface area contributed by atoms with Crippen LogP contribution in [0.1, 0.15) is 5.56 Å². The van der Waals surface area contributed by atoms with Crippen LogP contribution in [-0.4, -0.2) is 55.6 Å². The molecule has 1 aliphatic heterocycles. The number of ether oxygens (including phenoxy) is 2. The Labute approximate surface area is 193 Å². The Kier molecular flexibility index (Phi) is 5.69. The third kappa shape index (κ3) is 4.14. The van der Waals surface area contributed by atoms with Crippen LogP contribution < -0.4 is 19.3 Å². The van der Waals surface area contributed by atoms with Gasteiger partial charge in [-0.1, -0.05) is 12.1 Å². The van der Waals surface area contributed by atoms with E-state index in [4.69, 9.17) is 14.5 Å². The minimum Gasteiger partial charge on any atom is -0.497 e. The Morgan fingerprint density at radius 2 is 1.48 bits per heavy atom. The molecule has 5 rings (SSSR count). The quantitative estimate of drug-likeness (QED) is 0.456. The summed E-state index contributed by atoms with van der Waals surface area (Å²) in [4.78, 5) is 9.53. The third-order valence-corrected chi connectivity index (χ3v) is 6.18. The van der Waals surface area contributed by atoms with Gasteiger partial charge in [-0.3, -0.25) is 0 Å². The molecule has 168 valence electrons. The Bertz CT molecular complexity index is 1250. The zero-order valence-corrected chi connectivity index (χ0v) is 19.2. The summed E-state index contributed by atoms with van der Waals surface area (Å²) in [5.74, 6) is 3.53. The molecule has 7 heteroatoms. The summed E-state index contributed by atoms with van der Waals surface area (Å²) >= 11 is 0. The number of hydrogen-bond donors (Lipinski definition) is 0. The molecule has 0 N–H and O–H groups in total. The normalized spacial score (nSPS) is 13.9. The monoisotopic (exact) mass is 441 g/mol. The van der Waals surface area contributed by atoms with E-state index < -0.39 is 0 Å². The van der Waals surface area contributed by atoms with Crippen LogP contribution in [0.15, 0.2) is 60.7 Å². The van der Waals surface area contributed by atoms with Crippen LogP contribution in [0.2, 0.25) is 0 Å². The fourth-order valence-corrected chi connectivity index (χ4v) is 4.28. The van der Waals surface area contributed by atoms with Crippen LogP contribution in [0.4, 0.5) is 11.6 Å². The maximum absolute atomic E-state index is 5.54. The number of pyridine rings is 1. The van der Waals surface area contributed by atoms with Crippen LogP contribution in [0, 0.1) is 6.92 Å². The van der Waals surface area contributed by atoms with Crippen LogP contribution in [0.3, 0.4) is 0 Å². The predicted octanol–water partition coefficient (Wildman–Crippen LogP) is 4.34. The van der Waals surface area contributed by atoms with Crippen molar-refractivity contribution in [3.8, 4) is 22.8 Å². The standard InChI is InChI=1S/C26H27N5O2/c1-18-17-25(27-26-21(18)5-4-6-23(26)33-3)31-15-13-30(14-16-31)24-12-11-22(28-29-24)19-7-9-20(32-2)10-8-19/h4-12,17H,13-16H2,1-3H3. The van der Waals surface area contributed by atoms with Gasteiger partial charge in [0.1, 0.15) is 22.8 Å². The first-order chi connectivity index (χ1) is 16.2. The number of fused-ring (bicyclic) bond motifs is 1. The molecule has 33 heavy (non-hydrogen) atoms. The second-order valence-electron chi connectivity index (χ2n) is 8.13. The Hall–Kier alpha value is -3.87. The molecule has 1 fully saturated rings. The van der Waals surface area contributed by atoms with Crippen molar-refractivity contribution in [3.63, 3.8) is 0 Å². The first kappa shape index (κ1) is 21.0. The molecule has 3 heterocycles. The topological polar surface area (TPSA) is 63.6 Å². The lowest BCUT2D eigenvalue weighted by Crippen LogP contribution is -2.47. The smallest absolute Gasteiger partial charge is 0.151 e. The van der Waals surface area contributed by atoms with Crippen molar-refractivity contribution in [2.75, 3.05) is 50.2 Å². The first-order valence-corrected chi connectivity index (χ1v) is 11.1. The third-order valence-electron chi connectivity index (χ3n) is 6.18. The summed E-state index contributed by atoms with van der Waals surface area (Å²) in [6, 6.07) is 20.2. The van der Waals surface area contributed by atoms with Crippen LogP contribution in [0.25, 0.3) is 22.2 Å². The van der Waals surface area contributed by atoms with Gasteiger partial charge >= 0.3 is 0 Å². The highest BCUT2D eigenvalue weighted by Crippen LogP contribution is 2.30. The Morgan fingerprint density at radius 1 is 0.758 bits per heavy atom. The van der Waals surface area contributed by atoms with Gasteiger partial charge in [0, 0.05) is 37.1 Å². The van der Waals surface area contributed by atoms with Gasteiger partial charge in [0.05, 0.1) is 19.9 Å². The molecular weight excluding hydrogens is 414 g/mol. The molecule has 0 unspecified atom stereocenters. The van der Waals surface area contributed by atoms with Gasteiger partial charge in [-0.05, 0) is 61.0 Å². The Balaban J connectivity index is 1.29. The summed E-state index contributed by atoms with van der Waals surface area (Å²) in [6.07, 6.45) is 0. The summed E-state index contributed by atoms with van der Waals surface area (Å²) in [5.41, 5.74) is 3.99. The molecule has 0 bridgehead atoms. The van der Waals surface area contributed by atoms with Crippen molar-refractivity contribution in [3.05, 3.63) is 66.2 Å². The van der Waals surface area contributed by atoms with E-state index in [-0.39, 0.29) is 0 Å². The molecular formula is C26H27N5O2. The number of nitrogens with zero attached hydrogens (tertiary/aromatic N) is 5. The number of aryl methyl sites for hydroxylation is 1. The molecule has 0 spiro atoms. The number of piperazine rings is 1. The largest absolute Gasteiger partial charge is 0.497 e. The van der Waals surface area contributed by atoms with Gasteiger partial charge in [-0.2, -0.15) is 0 Å². The molecule has 4 aromatic rings. The number of rotatable bonds is 5. The second-order valence-corrected chi connectivity index (χ2v) is 8.13. The van der Waals surface area contributed by atoms with Crippen molar-refractivity contribution in [2.45, 2.75) is 6.92 Å². The molecule has 7 nitrogen and oxygen atoms in total. The summed E-state index contributed by atoms with van der Waals surface area (Å²) < 4.78 is 10.8. The van der Waals surface area contributed by atoms with E-state index in [1.54, 1.807) is 14.2 Å². The van der Waals surface area contributed by atoms with Crippen molar-refractivity contribution in [1.82, 2.24) is 15.2 Å². The van der Waals surface area contributed by atoms with Gasteiger partial charge < -0.3 is 19.3 Å². The van der Waals surface area contributed by atoms with Gasteiger partial charge in [0.15, 0.2) is 5.82 Å². The van der Waals surface area contributed by atoms with Gasteiger partial charge in [-0.15, -0.1) is 10.2 Å². The molecule has 0 aliphatic carbocycles. The number of anilines is 2. The lowest BCUT2D eigenvalue weighted by molar-refractivity contribution is 0.415. The van der Waals surface area contributed by atoms with Crippen LogP contribution >= 0.6 is 0 Å². The fraction of sp³-hybridized carbons (Fsp3) is 0.269. The molecule has 2 aromatic heterocycles. The van der Waals surface area contributed by atoms with Crippen molar-refractivity contribution in [2.24, 2.45) is 0 Å². The number of methoxy groups -OCH3 is 2. The average Bonchev–Trinajstić information content (AvgIpc) is 2.88. The van der Waals surface area contributed by atoms with Crippen molar-refractivity contribution >= 4 is 22.5 Å². The average molecular weight is 442 g/mol. The molecule has 1 aliphatic rings. The number of para-hydroxylation sites is 1. The van der Waals surface area contributed by atoms with E-state index in [1.165, 1.54) is 5.56 Å². The molecule has 1 saturated heterocycles. The maximum Gasteiger partial charge on any atom is 0.151 e. The minimum atomic E-state index is 0.809. The molecule has 0 radical (unpaired) electrons. The zero-order chi connectivity index (χ0) is 22.8. The molecule has 0 saturated carbocycles. The molecule has 0 amide bonds. The number of aromatic nitrogens is 3. The van der Waals surface area contributed by atoms with E-state index in [9.17, 15) is 0 Å². The van der Waals surface area contributed by atoms with Gasteiger partial charge in [-0.25, -0.2) is 4.98 Å². The van der Waals surface area contributed by atoms with Crippen LogP contribution in [-0.2, 0) is 0 Å². The van der Waals surface area contributed by atoms with Crippen LogP contribution in [0.5, 0.6) is 11.5 Å². The Morgan fingerprint density at radius 3 is 2.12 bits per heavy atom. The molecule has 0 atom stereocenters. The van der Waals surface area contributed by atoms with Crippen molar-refractivity contribution in [1.29, 1.82) is 0 Å². The maximum atomic E-state index is 5.54. The summed E-state index contributed by atoms with van der Waals surface area (Å²) in [7, 11) is 3.36. The summed E-state index contributed by atoms with van der Waals surface area (Å²) in [5, 5.41) is 10.1. The predicted molar refractivity (Wildman–Crippen MR) is 131 cm³/mol. The van der Waals surface area contributed by atoms with E-state index in [2.05, 4.69) is 39.1 Å². The highest BCUT2D eigenvalue weighted by molar-refractivity contribution is 5.89. The molecule has 2 aromatic carbocycles. The highest BCUT2D eigenvalue weighted by Gasteiger charge is 2.21. The van der Waals surface area contributed by atoms with E-state index in [0.717, 1.165) is 71.5 Å². The minimum absolute atomic E-state index is 0.809. The summed E-state index contributed by atoms with van der Waals surface area (Å²) in [6.45, 7) is 5.59. The second kappa shape index (κ2) is 8.94. The van der Waals surface area contributed by atoms with Crippen molar-refractivity contribution < 1.29 is 9.47 Å². The lowest BCUT2D eigenvalue weighted by atomic mass is 10.1. The number of benzene rings is 2. The lowest BCUT2D eigenvalue weighted by Gasteiger charge is -2.36. The van der Waals surface area contributed by atoms with E-state index in [1.807, 2.05) is 48.5 Å². The SMILES string of the molecule is COc1ccc(-c2ccc(N3CCN(c4cc(C)c5cccc(OC)c5n4)CC3)nn2)cc1. The fourth-order valence-electron chi connectivity index (χ4n) is 4.28. The first-order valence-electron chi connectivity index (χ1n) is 11.1. The highest BCUT2D eigenvalue weighted by atomic mass is 16.5.